The van der Waals surface area contributed by atoms with Gasteiger partial charge in [0.15, 0.2) is 7.14 Å². The fraction of sp³-hybridized carbons (Fsp3) is 0.0476. The predicted octanol–water partition coefficient (Wildman–Crippen LogP) is 4.38. The fourth-order valence-electron chi connectivity index (χ4n) is 2.76. The summed E-state index contributed by atoms with van der Waals surface area (Å²) in [5, 5.41) is 15.2. The molecule has 3 aromatic carbocycles. The number of hydrazone groups is 1. The van der Waals surface area contributed by atoms with E-state index in [0.717, 1.165) is 4.47 Å². The Balaban J connectivity index is 1.81. The Hall–Kier alpha value is -2.21. The van der Waals surface area contributed by atoms with E-state index in [4.69, 9.17) is 0 Å². The van der Waals surface area contributed by atoms with Crippen molar-refractivity contribution in [1.29, 1.82) is 0 Å². The van der Waals surface area contributed by atoms with Crippen molar-refractivity contribution in [3.8, 4) is 5.75 Å². The molecular formula is C21H17Br2N2O3P. The van der Waals surface area contributed by atoms with Crippen molar-refractivity contribution in [3.63, 3.8) is 0 Å². The SMILES string of the molecule is O=C(CP(=O)(c1ccccc1)c1ccccc1)N/N=C/c1cc(Br)cc(Br)c1O. The number of aromatic hydroxyl groups is 1. The molecule has 0 aliphatic heterocycles. The molecule has 29 heavy (non-hydrogen) atoms. The van der Waals surface area contributed by atoms with Gasteiger partial charge < -0.3 is 9.67 Å². The van der Waals surface area contributed by atoms with E-state index in [1.165, 1.54) is 6.21 Å². The van der Waals surface area contributed by atoms with Crippen molar-refractivity contribution in [2.24, 2.45) is 5.10 Å². The number of nitrogens with zero attached hydrogens (tertiary/aromatic N) is 1. The van der Waals surface area contributed by atoms with Gasteiger partial charge >= 0.3 is 0 Å². The summed E-state index contributed by atoms with van der Waals surface area (Å²) in [5.41, 5.74) is 2.83. The highest BCUT2D eigenvalue weighted by Gasteiger charge is 2.30. The molecule has 8 heteroatoms. The summed E-state index contributed by atoms with van der Waals surface area (Å²) in [4.78, 5) is 12.5. The van der Waals surface area contributed by atoms with Crippen molar-refractivity contribution in [1.82, 2.24) is 5.43 Å². The molecule has 3 rings (SSSR count). The average Bonchev–Trinajstić information content (AvgIpc) is 2.72. The molecule has 0 fully saturated rings. The minimum Gasteiger partial charge on any atom is -0.506 e. The molecule has 0 heterocycles. The molecule has 0 saturated carbocycles. The van der Waals surface area contributed by atoms with Gasteiger partial charge in [-0.2, -0.15) is 5.10 Å². The number of hydrogen-bond acceptors (Lipinski definition) is 4. The molecule has 0 unspecified atom stereocenters. The lowest BCUT2D eigenvalue weighted by Gasteiger charge is -2.18. The first-order chi connectivity index (χ1) is 13.9. The van der Waals surface area contributed by atoms with Crippen molar-refractivity contribution in [3.05, 3.63) is 87.3 Å². The van der Waals surface area contributed by atoms with Crippen molar-refractivity contribution >= 4 is 61.7 Å². The summed E-state index contributed by atoms with van der Waals surface area (Å²) in [6, 6.07) is 21.3. The summed E-state index contributed by atoms with van der Waals surface area (Å²) in [7, 11) is -3.17. The van der Waals surface area contributed by atoms with Gasteiger partial charge in [-0.15, -0.1) is 0 Å². The Morgan fingerprint density at radius 1 is 1.00 bits per heavy atom. The number of phenols is 1. The van der Waals surface area contributed by atoms with Crippen LogP contribution in [0, 0.1) is 0 Å². The van der Waals surface area contributed by atoms with Crippen LogP contribution in [0.2, 0.25) is 0 Å². The van der Waals surface area contributed by atoms with Crippen LogP contribution in [0.25, 0.3) is 0 Å². The molecular weight excluding hydrogens is 519 g/mol. The number of amides is 1. The van der Waals surface area contributed by atoms with Gasteiger partial charge in [0.25, 0.3) is 0 Å². The largest absolute Gasteiger partial charge is 0.506 e. The quantitative estimate of drug-likeness (QED) is 0.279. The second-order valence-electron chi connectivity index (χ2n) is 6.19. The Morgan fingerprint density at radius 2 is 1.55 bits per heavy atom. The Morgan fingerprint density at radius 3 is 2.10 bits per heavy atom. The lowest BCUT2D eigenvalue weighted by Crippen LogP contribution is -2.28. The zero-order valence-corrected chi connectivity index (χ0v) is 19.2. The van der Waals surface area contributed by atoms with Crippen molar-refractivity contribution in [2.45, 2.75) is 0 Å². The molecule has 0 atom stereocenters. The normalized spacial score (nSPS) is 11.5. The van der Waals surface area contributed by atoms with Gasteiger partial charge in [-0.05, 0) is 28.1 Å². The molecule has 0 aliphatic rings. The summed E-state index contributed by atoms with van der Waals surface area (Å²) in [6.45, 7) is 0. The molecule has 148 valence electrons. The lowest BCUT2D eigenvalue weighted by atomic mass is 10.2. The number of benzene rings is 3. The van der Waals surface area contributed by atoms with Crippen LogP contribution in [0.1, 0.15) is 5.56 Å². The Kier molecular flexibility index (Phi) is 7.06. The Labute approximate surface area is 185 Å². The minimum atomic E-state index is -3.17. The van der Waals surface area contributed by atoms with Crippen LogP contribution in [0.4, 0.5) is 0 Å². The van der Waals surface area contributed by atoms with E-state index < -0.39 is 13.0 Å². The van der Waals surface area contributed by atoms with Crippen LogP contribution in [0.15, 0.2) is 86.8 Å². The highest BCUT2D eigenvalue weighted by Crippen LogP contribution is 2.42. The van der Waals surface area contributed by atoms with E-state index in [0.29, 0.717) is 20.6 Å². The van der Waals surface area contributed by atoms with Gasteiger partial charge in [0.1, 0.15) is 5.75 Å². The molecule has 0 aliphatic carbocycles. The predicted molar refractivity (Wildman–Crippen MR) is 124 cm³/mol. The van der Waals surface area contributed by atoms with Gasteiger partial charge in [0.2, 0.25) is 5.91 Å². The molecule has 0 bridgehead atoms. The minimum absolute atomic E-state index is 0.00504. The first kappa shape index (κ1) is 21.5. The van der Waals surface area contributed by atoms with Crippen LogP contribution in [-0.2, 0) is 9.36 Å². The molecule has 0 spiro atoms. The molecule has 1 amide bonds. The maximum atomic E-state index is 13.8. The van der Waals surface area contributed by atoms with Crippen LogP contribution < -0.4 is 16.0 Å². The fourth-order valence-corrected chi connectivity index (χ4v) is 6.47. The lowest BCUT2D eigenvalue weighted by molar-refractivity contribution is -0.118. The van der Waals surface area contributed by atoms with E-state index in [9.17, 15) is 14.5 Å². The number of phenolic OH excluding ortho intramolecular Hbond substituents is 1. The third kappa shape index (κ3) is 5.24. The van der Waals surface area contributed by atoms with Gasteiger partial charge in [0.05, 0.1) is 16.8 Å². The second-order valence-corrected chi connectivity index (χ2v) is 10.8. The summed E-state index contributed by atoms with van der Waals surface area (Å²) in [6.07, 6.45) is 1.12. The van der Waals surface area contributed by atoms with Crippen molar-refractivity contribution in [2.75, 3.05) is 6.16 Å². The first-order valence-corrected chi connectivity index (χ1v) is 12.1. The molecule has 3 aromatic rings. The van der Waals surface area contributed by atoms with Crippen LogP contribution in [-0.4, -0.2) is 23.4 Å². The second kappa shape index (κ2) is 9.53. The standard InChI is InChI=1S/C21H17Br2N2O3P/c22-16-11-15(21(27)19(23)12-16)13-24-25-20(26)14-29(28,17-7-3-1-4-8-17)18-9-5-2-6-10-18/h1-13,27H,14H2,(H,25,26)/b24-13+. The van der Waals surface area contributed by atoms with Crippen LogP contribution >= 0.6 is 39.0 Å². The highest BCUT2D eigenvalue weighted by atomic mass is 79.9. The highest BCUT2D eigenvalue weighted by molar-refractivity contribution is 9.11. The van der Waals surface area contributed by atoms with Gasteiger partial charge in [-0.1, -0.05) is 76.6 Å². The number of carbonyl (C=O) groups excluding carboxylic acids is 1. The van der Waals surface area contributed by atoms with E-state index in [1.807, 2.05) is 12.1 Å². The summed E-state index contributed by atoms with van der Waals surface area (Å²) >= 11 is 6.58. The molecule has 0 saturated heterocycles. The third-order valence-corrected chi connectivity index (χ3v) is 8.22. The van der Waals surface area contributed by atoms with E-state index in [2.05, 4.69) is 42.4 Å². The van der Waals surface area contributed by atoms with E-state index in [1.54, 1.807) is 60.7 Å². The van der Waals surface area contributed by atoms with E-state index >= 15 is 0 Å². The number of carbonyl (C=O) groups is 1. The number of rotatable bonds is 6. The average molecular weight is 536 g/mol. The Bertz CT molecular complexity index is 1050. The molecule has 0 radical (unpaired) electrons. The number of halogens is 2. The van der Waals surface area contributed by atoms with E-state index in [-0.39, 0.29) is 11.9 Å². The third-order valence-electron chi connectivity index (χ3n) is 4.16. The number of hydrogen-bond donors (Lipinski definition) is 2. The van der Waals surface area contributed by atoms with Gasteiger partial charge in [-0.25, -0.2) is 5.43 Å². The molecule has 2 N–H and O–H groups in total. The smallest absolute Gasteiger partial charge is 0.248 e. The molecule has 0 aromatic heterocycles. The number of nitrogens with one attached hydrogen (secondary N) is 1. The first-order valence-electron chi connectivity index (χ1n) is 8.60. The van der Waals surface area contributed by atoms with Crippen molar-refractivity contribution < 1.29 is 14.5 Å². The van der Waals surface area contributed by atoms with Gasteiger partial charge in [-0.3, -0.25) is 4.79 Å². The maximum Gasteiger partial charge on any atom is 0.248 e. The van der Waals surface area contributed by atoms with Gasteiger partial charge in [0, 0.05) is 20.6 Å². The zero-order valence-electron chi connectivity index (χ0n) is 15.1. The van der Waals surface area contributed by atoms with Crippen LogP contribution in [0.3, 0.4) is 0 Å². The summed E-state index contributed by atoms with van der Waals surface area (Å²) < 4.78 is 15.1. The zero-order chi connectivity index (χ0) is 20.9. The summed E-state index contributed by atoms with van der Waals surface area (Å²) in [5.74, 6) is -0.476. The molecule has 5 nitrogen and oxygen atoms in total. The van der Waals surface area contributed by atoms with Crippen LogP contribution in [0.5, 0.6) is 5.75 Å². The monoisotopic (exact) mass is 534 g/mol. The topological polar surface area (TPSA) is 78.8 Å². The maximum absolute atomic E-state index is 13.8.